The summed E-state index contributed by atoms with van der Waals surface area (Å²) in [5, 5.41) is 18.7. The van der Waals surface area contributed by atoms with Crippen LogP contribution in [0.3, 0.4) is 0 Å². The maximum atomic E-state index is 11.6. The summed E-state index contributed by atoms with van der Waals surface area (Å²) in [6.45, 7) is 11.3. The van der Waals surface area contributed by atoms with Crippen LogP contribution in [0.4, 0.5) is 0 Å². The normalized spacial score (nSPS) is 11.8. The molecular formula is C23H38N6O4S2. The minimum Gasteiger partial charge on any atom is -0.387 e. The molecule has 10 nitrogen and oxygen atoms in total. The van der Waals surface area contributed by atoms with Crippen molar-refractivity contribution in [3.63, 3.8) is 0 Å². The van der Waals surface area contributed by atoms with Gasteiger partial charge in [0.2, 0.25) is 0 Å². The van der Waals surface area contributed by atoms with Crippen LogP contribution < -0.4 is 32.4 Å². The Hall–Kier alpha value is -2.60. The highest BCUT2D eigenvalue weighted by molar-refractivity contribution is 7.80. The zero-order valence-electron chi connectivity index (χ0n) is 21.0. The second-order valence-corrected chi connectivity index (χ2v) is 11.1. The summed E-state index contributed by atoms with van der Waals surface area (Å²) in [6.07, 6.45) is 6.81. The first-order chi connectivity index (χ1) is 16.5. The fourth-order valence-electron chi connectivity index (χ4n) is 3.64. The third-order valence-corrected chi connectivity index (χ3v) is 6.30. The fourth-order valence-corrected chi connectivity index (χ4v) is 4.05. The molecule has 0 bridgehead atoms. The van der Waals surface area contributed by atoms with Crippen molar-refractivity contribution < 1.29 is 9.05 Å². The molecule has 12 heteroatoms. The van der Waals surface area contributed by atoms with Crippen molar-refractivity contribution in [2.24, 2.45) is 10.8 Å². The smallest absolute Gasteiger partial charge is 0.283 e. The summed E-state index contributed by atoms with van der Waals surface area (Å²) < 4.78 is 9.70. The molecule has 2 rings (SSSR count). The van der Waals surface area contributed by atoms with Gasteiger partial charge in [-0.1, -0.05) is 27.7 Å². The Morgan fingerprint density at radius 3 is 1.46 bits per heavy atom. The Morgan fingerprint density at radius 2 is 1.11 bits per heavy atom. The molecule has 0 aliphatic carbocycles. The first-order valence-electron chi connectivity index (χ1n) is 11.8. The molecular weight excluding hydrogens is 488 g/mol. The largest absolute Gasteiger partial charge is 0.387 e. The molecule has 0 fully saturated rings. The van der Waals surface area contributed by atoms with Gasteiger partial charge in [0, 0.05) is 26.2 Å². The summed E-state index contributed by atoms with van der Waals surface area (Å²) in [4.78, 5) is 23.2. The molecule has 0 amide bonds. The van der Waals surface area contributed by atoms with Crippen LogP contribution in [0.15, 0.2) is 31.2 Å². The summed E-state index contributed by atoms with van der Waals surface area (Å²) in [6, 6.07) is 0. The van der Waals surface area contributed by atoms with Crippen molar-refractivity contribution >= 4 is 34.7 Å². The Labute approximate surface area is 216 Å². The van der Waals surface area contributed by atoms with Gasteiger partial charge in [-0.25, -0.2) is 0 Å². The highest BCUT2D eigenvalue weighted by atomic mass is 32.1. The van der Waals surface area contributed by atoms with Gasteiger partial charge in [-0.05, 0) is 67.4 Å². The van der Waals surface area contributed by atoms with Gasteiger partial charge in [0.25, 0.3) is 11.1 Å². The molecule has 6 N–H and O–H groups in total. The molecule has 2 aromatic heterocycles. The monoisotopic (exact) mass is 526 g/mol. The van der Waals surface area contributed by atoms with Gasteiger partial charge in [-0.2, -0.15) is 10.3 Å². The lowest BCUT2D eigenvalue weighted by atomic mass is 9.83. The van der Waals surface area contributed by atoms with Gasteiger partial charge in [-0.15, -0.1) is 0 Å². The van der Waals surface area contributed by atoms with Crippen molar-refractivity contribution in [3.8, 4) is 0 Å². The van der Waals surface area contributed by atoms with Gasteiger partial charge in [0.05, 0.1) is 11.1 Å². The Kier molecular flexibility index (Phi) is 11.0. The zero-order chi connectivity index (χ0) is 25.9. The SMILES string of the molecule is CC(C)(CCNC(=S)NCCCNC(=S)NCCC(C)(C)Cc1co[nH]c1=O)Cc1co[nH]c1=O. The van der Waals surface area contributed by atoms with E-state index in [1.807, 2.05) is 0 Å². The Bertz CT molecular complexity index is 970. The first-order valence-corrected chi connectivity index (χ1v) is 12.6. The number of thiocarbonyl (C=S) groups is 2. The number of nitrogens with one attached hydrogen (secondary N) is 6. The van der Waals surface area contributed by atoms with Crippen LogP contribution in [0.1, 0.15) is 58.1 Å². The summed E-state index contributed by atoms with van der Waals surface area (Å²) in [7, 11) is 0. The predicted octanol–water partition coefficient (Wildman–Crippen LogP) is 2.19. The number of hydrogen-bond acceptors (Lipinski definition) is 6. The zero-order valence-corrected chi connectivity index (χ0v) is 22.6. The van der Waals surface area contributed by atoms with Crippen molar-refractivity contribution in [1.82, 2.24) is 31.6 Å². The maximum absolute atomic E-state index is 11.6. The average Bonchev–Trinajstić information content (AvgIpc) is 3.34. The van der Waals surface area contributed by atoms with E-state index in [2.05, 4.69) is 59.3 Å². The summed E-state index contributed by atoms with van der Waals surface area (Å²) in [5.41, 5.74) is 0.864. The number of H-pyrrole nitrogens is 2. The average molecular weight is 527 g/mol. The van der Waals surface area contributed by atoms with Crippen LogP contribution in [-0.4, -0.2) is 46.7 Å². The van der Waals surface area contributed by atoms with Gasteiger partial charge >= 0.3 is 0 Å². The van der Waals surface area contributed by atoms with Gasteiger partial charge in [0.15, 0.2) is 10.2 Å². The molecule has 0 saturated carbocycles. The molecule has 35 heavy (non-hydrogen) atoms. The molecule has 0 aliphatic rings. The predicted molar refractivity (Wildman–Crippen MR) is 145 cm³/mol. The minimum atomic E-state index is -0.168. The summed E-state index contributed by atoms with van der Waals surface area (Å²) >= 11 is 10.7. The first kappa shape index (κ1) is 28.6. The third-order valence-electron chi connectivity index (χ3n) is 5.73. The number of hydrogen-bond donors (Lipinski definition) is 6. The van der Waals surface area contributed by atoms with E-state index >= 15 is 0 Å². The minimum absolute atomic E-state index is 0.0574. The highest BCUT2D eigenvalue weighted by Crippen LogP contribution is 2.24. The van der Waals surface area contributed by atoms with E-state index in [4.69, 9.17) is 33.5 Å². The summed E-state index contributed by atoms with van der Waals surface area (Å²) in [5.74, 6) is 0. The van der Waals surface area contributed by atoms with Crippen LogP contribution in [-0.2, 0) is 12.8 Å². The van der Waals surface area contributed by atoms with Crippen LogP contribution in [0.25, 0.3) is 0 Å². The molecule has 0 aromatic carbocycles. The van der Waals surface area contributed by atoms with Crippen molar-refractivity contribution in [2.45, 2.75) is 59.8 Å². The molecule has 196 valence electrons. The number of aromatic amines is 2. The second kappa shape index (κ2) is 13.5. The second-order valence-electron chi connectivity index (χ2n) is 10.3. The molecule has 0 spiro atoms. The van der Waals surface area contributed by atoms with Gasteiger partial charge in [0.1, 0.15) is 12.5 Å². The number of aromatic nitrogens is 2. The highest BCUT2D eigenvalue weighted by Gasteiger charge is 2.22. The van der Waals surface area contributed by atoms with E-state index in [-0.39, 0.29) is 21.9 Å². The quantitative estimate of drug-likeness (QED) is 0.160. The van der Waals surface area contributed by atoms with Crippen molar-refractivity contribution in [3.05, 3.63) is 44.4 Å². The van der Waals surface area contributed by atoms with E-state index in [0.717, 1.165) is 32.4 Å². The van der Waals surface area contributed by atoms with E-state index in [9.17, 15) is 9.59 Å². The van der Waals surface area contributed by atoms with E-state index in [1.165, 1.54) is 12.5 Å². The lowest BCUT2D eigenvalue weighted by molar-refractivity contribution is 0.331. The Morgan fingerprint density at radius 1 is 0.743 bits per heavy atom. The molecule has 0 unspecified atom stereocenters. The molecule has 0 radical (unpaired) electrons. The third kappa shape index (κ3) is 11.1. The van der Waals surface area contributed by atoms with E-state index < -0.39 is 0 Å². The van der Waals surface area contributed by atoms with Crippen LogP contribution in [0.5, 0.6) is 0 Å². The van der Waals surface area contributed by atoms with Crippen LogP contribution in [0.2, 0.25) is 0 Å². The molecule has 0 aliphatic heterocycles. The molecule has 0 saturated heterocycles. The standard InChI is InChI=1S/C23H38N6O4S2/c1-22(2,12-16-14-32-28-18(16)30)6-10-26-20(34)24-8-5-9-25-21(35)27-11-7-23(3,4)13-17-15-33-29-19(17)31/h14-15H,5-13H2,1-4H3,(H,28,30)(H,29,31)(H2,24,26,34)(H2,25,27,35). The van der Waals surface area contributed by atoms with Gasteiger partial charge < -0.3 is 30.3 Å². The molecule has 0 atom stereocenters. The Balaban J connectivity index is 1.50. The van der Waals surface area contributed by atoms with Gasteiger partial charge in [-0.3, -0.25) is 9.59 Å². The molecule has 2 aromatic rings. The van der Waals surface area contributed by atoms with Crippen LogP contribution in [0, 0.1) is 10.8 Å². The molecule has 2 heterocycles. The van der Waals surface area contributed by atoms with Crippen LogP contribution >= 0.6 is 24.4 Å². The van der Waals surface area contributed by atoms with Crippen molar-refractivity contribution in [2.75, 3.05) is 26.2 Å². The lowest BCUT2D eigenvalue weighted by Gasteiger charge is -2.24. The fraction of sp³-hybridized carbons (Fsp3) is 0.652. The van der Waals surface area contributed by atoms with E-state index in [0.29, 0.717) is 47.3 Å². The van der Waals surface area contributed by atoms with Crippen molar-refractivity contribution in [1.29, 1.82) is 0 Å². The van der Waals surface area contributed by atoms with E-state index in [1.54, 1.807) is 0 Å². The number of rotatable bonds is 14. The topological polar surface area (TPSA) is 140 Å². The lowest BCUT2D eigenvalue weighted by Crippen LogP contribution is -2.40. The maximum Gasteiger partial charge on any atom is 0.283 e.